The molecule has 1 saturated heterocycles. The van der Waals surface area contributed by atoms with Crippen LogP contribution in [0.3, 0.4) is 0 Å². The van der Waals surface area contributed by atoms with Gasteiger partial charge in [0.15, 0.2) is 0 Å². The van der Waals surface area contributed by atoms with E-state index in [1.165, 1.54) is 19.3 Å². The maximum atomic E-state index is 5.87. The molecule has 3 unspecified atom stereocenters. The second kappa shape index (κ2) is 4.46. The van der Waals surface area contributed by atoms with Crippen molar-refractivity contribution in [2.24, 2.45) is 5.92 Å². The van der Waals surface area contributed by atoms with Gasteiger partial charge in [-0.2, -0.15) is 0 Å². The van der Waals surface area contributed by atoms with Crippen molar-refractivity contribution < 1.29 is 4.74 Å². The minimum Gasteiger partial charge on any atom is -0.490 e. The number of likely N-dealkylation sites (N-methyl/N-ethyl adjacent to an activating group) is 1. The van der Waals surface area contributed by atoms with Gasteiger partial charge in [-0.25, -0.2) is 0 Å². The largest absolute Gasteiger partial charge is 0.490 e. The van der Waals surface area contributed by atoms with E-state index in [0.717, 1.165) is 24.3 Å². The highest BCUT2D eigenvalue weighted by molar-refractivity contribution is 6.30. The highest BCUT2D eigenvalue weighted by Crippen LogP contribution is 2.44. The Balaban J connectivity index is 1.57. The van der Waals surface area contributed by atoms with Crippen molar-refractivity contribution in [1.29, 1.82) is 0 Å². The van der Waals surface area contributed by atoms with Crippen LogP contribution in [0.25, 0.3) is 0 Å². The average Bonchev–Trinajstić information content (AvgIpc) is 3.08. The predicted molar refractivity (Wildman–Crippen MR) is 67.4 cm³/mol. The Labute approximate surface area is 107 Å². The van der Waals surface area contributed by atoms with Crippen LogP contribution in [0.4, 0.5) is 0 Å². The highest BCUT2D eigenvalue weighted by Gasteiger charge is 2.46. The molecule has 1 aliphatic carbocycles. The van der Waals surface area contributed by atoms with Crippen LogP contribution in [0, 0.1) is 5.92 Å². The molecule has 3 nitrogen and oxygen atoms in total. The number of halogens is 1. The number of pyridine rings is 1. The number of hydrogen-bond acceptors (Lipinski definition) is 3. The molecule has 2 aliphatic rings. The number of hydrogen-bond donors (Lipinski definition) is 0. The molecule has 4 heteroatoms. The fourth-order valence-corrected chi connectivity index (χ4v) is 2.95. The Kier molecular flexibility index (Phi) is 2.97. The van der Waals surface area contributed by atoms with Crippen molar-refractivity contribution in [3.63, 3.8) is 0 Å². The number of piperidine rings is 1. The lowest BCUT2D eigenvalue weighted by Gasteiger charge is -2.32. The van der Waals surface area contributed by atoms with Gasteiger partial charge in [-0.1, -0.05) is 11.6 Å². The molecule has 3 atom stereocenters. The summed E-state index contributed by atoms with van der Waals surface area (Å²) in [6.07, 6.45) is 7.32. The van der Waals surface area contributed by atoms with Gasteiger partial charge in [0.1, 0.15) is 12.4 Å². The Morgan fingerprint density at radius 3 is 3.18 bits per heavy atom. The first-order chi connectivity index (χ1) is 8.24. The number of aromatic nitrogens is 1. The summed E-state index contributed by atoms with van der Waals surface area (Å²) in [6.45, 7) is 0.738. The summed E-state index contributed by atoms with van der Waals surface area (Å²) in [7, 11) is 2.22. The maximum Gasteiger partial charge on any atom is 0.139 e. The molecule has 0 aromatic carbocycles. The van der Waals surface area contributed by atoms with Crippen molar-refractivity contribution in [3.8, 4) is 5.75 Å². The summed E-state index contributed by atoms with van der Waals surface area (Å²) in [5, 5.41) is 0.627. The van der Waals surface area contributed by atoms with E-state index < -0.39 is 0 Å². The van der Waals surface area contributed by atoms with E-state index in [-0.39, 0.29) is 0 Å². The number of fused-ring (bicyclic) bond motifs is 1. The Morgan fingerprint density at radius 2 is 2.35 bits per heavy atom. The first-order valence-electron chi connectivity index (χ1n) is 6.19. The van der Waals surface area contributed by atoms with E-state index in [1.807, 2.05) is 6.07 Å². The molecular formula is C13H17ClN2O. The van der Waals surface area contributed by atoms with E-state index in [2.05, 4.69) is 16.9 Å². The van der Waals surface area contributed by atoms with Crippen LogP contribution in [-0.4, -0.2) is 35.6 Å². The zero-order valence-electron chi connectivity index (χ0n) is 9.97. The summed E-state index contributed by atoms with van der Waals surface area (Å²) in [5.74, 6) is 1.73. The molecule has 1 saturated carbocycles. The fraction of sp³-hybridized carbons (Fsp3) is 0.615. The maximum absolute atomic E-state index is 5.87. The van der Waals surface area contributed by atoms with Crippen LogP contribution in [0.5, 0.6) is 5.75 Å². The Bertz CT molecular complexity index is 412. The van der Waals surface area contributed by atoms with Crippen LogP contribution >= 0.6 is 11.6 Å². The molecule has 3 rings (SSSR count). The minimum absolute atomic E-state index is 0.540. The number of rotatable bonds is 3. The zero-order valence-corrected chi connectivity index (χ0v) is 10.7. The van der Waals surface area contributed by atoms with Crippen molar-refractivity contribution in [3.05, 3.63) is 23.5 Å². The molecule has 0 N–H and O–H groups in total. The molecule has 0 bridgehead atoms. The van der Waals surface area contributed by atoms with Crippen molar-refractivity contribution in [1.82, 2.24) is 9.88 Å². The van der Waals surface area contributed by atoms with Gasteiger partial charge in [0.2, 0.25) is 0 Å². The number of ether oxygens (including phenoxy) is 1. The summed E-state index contributed by atoms with van der Waals surface area (Å²) in [6, 6.07) is 3.17. The van der Waals surface area contributed by atoms with E-state index in [4.69, 9.17) is 16.3 Å². The summed E-state index contributed by atoms with van der Waals surface area (Å²) in [4.78, 5) is 6.50. The summed E-state index contributed by atoms with van der Waals surface area (Å²) in [5.41, 5.74) is 0. The molecule has 2 heterocycles. The van der Waals surface area contributed by atoms with Crippen molar-refractivity contribution in [2.45, 2.75) is 31.3 Å². The van der Waals surface area contributed by atoms with Crippen LogP contribution in [0.1, 0.15) is 19.3 Å². The zero-order chi connectivity index (χ0) is 11.8. The van der Waals surface area contributed by atoms with Crippen molar-refractivity contribution >= 4 is 11.6 Å². The number of nitrogens with zero attached hydrogens (tertiary/aromatic N) is 2. The van der Waals surface area contributed by atoms with Gasteiger partial charge in [0.25, 0.3) is 0 Å². The third kappa shape index (κ3) is 2.40. The summed E-state index contributed by atoms with van der Waals surface area (Å²) >= 11 is 5.87. The Morgan fingerprint density at radius 1 is 1.47 bits per heavy atom. The molecule has 17 heavy (non-hydrogen) atoms. The van der Waals surface area contributed by atoms with Crippen LogP contribution < -0.4 is 4.74 Å². The molecule has 1 aromatic heterocycles. The topological polar surface area (TPSA) is 25.4 Å². The van der Waals surface area contributed by atoms with E-state index in [9.17, 15) is 0 Å². The molecule has 0 spiro atoms. The predicted octanol–water partition coefficient (Wildman–Crippen LogP) is 2.60. The first kappa shape index (κ1) is 11.3. The standard InChI is InChI=1S/C13H17ClN2O/c1-16-11(3-2-9-4-13(9)16)8-17-12-5-10(14)6-15-7-12/h5-7,9,11,13H,2-4,8H2,1H3. The second-order valence-corrected chi connectivity index (χ2v) is 5.55. The van der Waals surface area contributed by atoms with E-state index >= 15 is 0 Å². The first-order valence-corrected chi connectivity index (χ1v) is 6.57. The second-order valence-electron chi connectivity index (χ2n) is 5.11. The normalized spacial score (nSPS) is 32.0. The van der Waals surface area contributed by atoms with Crippen LogP contribution in [0.2, 0.25) is 5.02 Å². The van der Waals surface area contributed by atoms with Crippen molar-refractivity contribution in [2.75, 3.05) is 13.7 Å². The lowest BCUT2D eigenvalue weighted by molar-refractivity contribution is 0.117. The van der Waals surface area contributed by atoms with Gasteiger partial charge in [0, 0.05) is 24.3 Å². The molecule has 0 radical (unpaired) electrons. The average molecular weight is 253 g/mol. The molecule has 0 amide bonds. The molecule has 92 valence electrons. The lowest BCUT2D eigenvalue weighted by atomic mass is 10.0. The molecular weight excluding hydrogens is 236 g/mol. The SMILES string of the molecule is CN1C(COc2cncc(Cl)c2)CCC2CC21. The van der Waals surface area contributed by atoms with Crippen LogP contribution in [0.15, 0.2) is 18.5 Å². The monoisotopic (exact) mass is 252 g/mol. The Hall–Kier alpha value is -0.800. The van der Waals surface area contributed by atoms with Gasteiger partial charge < -0.3 is 4.74 Å². The lowest BCUT2D eigenvalue weighted by Crippen LogP contribution is -2.41. The quantitative estimate of drug-likeness (QED) is 0.827. The third-order valence-electron chi connectivity index (χ3n) is 3.98. The molecule has 2 fully saturated rings. The molecule has 1 aliphatic heterocycles. The van der Waals surface area contributed by atoms with Gasteiger partial charge in [-0.05, 0) is 32.2 Å². The van der Waals surface area contributed by atoms with Gasteiger partial charge in [-0.3, -0.25) is 9.88 Å². The van der Waals surface area contributed by atoms with E-state index in [0.29, 0.717) is 11.1 Å². The third-order valence-corrected chi connectivity index (χ3v) is 4.18. The minimum atomic E-state index is 0.540. The number of likely N-dealkylation sites (tertiary alicyclic amines) is 1. The van der Waals surface area contributed by atoms with E-state index in [1.54, 1.807) is 12.4 Å². The van der Waals surface area contributed by atoms with Gasteiger partial charge >= 0.3 is 0 Å². The van der Waals surface area contributed by atoms with Crippen LogP contribution in [-0.2, 0) is 0 Å². The highest BCUT2D eigenvalue weighted by atomic mass is 35.5. The molecule has 1 aromatic rings. The smallest absolute Gasteiger partial charge is 0.139 e. The fourth-order valence-electron chi connectivity index (χ4n) is 2.79. The summed E-state index contributed by atoms with van der Waals surface area (Å²) < 4.78 is 5.77. The van der Waals surface area contributed by atoms with Gasteiger partial charge in [0.05, 0.1) is 11.2 Å². The van der Waals surface area contributed by atoms with Gasteiger partial charge in [-0.15, -0.1) is 0 Å².